The largest absolute Gasteiger partial charge is 0.497 e. The number of rotatable bonds is 4. The summed E-state index contributed by atoms with van der Waals surface area (Å²) in [7, 11) is 1.58. The lowest BCUT2D eigenvalue weighted by Gasteiger charge is -2.13. The first-order valence-electron chi connectivity index (χ1n) is 8.48. The Kier molecular flexibility index (Phi) is 4.66. The number of ether oxygens (including phenoxy) is 1. The third-order valence-electron chi connectivity index (χ3n) is 4.28. The highest BCUT2D eigenvalue weighted by molar-refractivity contribution is 7.22. The molecule has 1 aliphatic rings. The number of anilines is 2. The Balaban J connectivity index is 1.46. The van der Waals surface area contributed by atoms with Gasteiger partial charge in [-0.3, -0.25) is 14.4 Å². The van der Waals surface area contributed by atoms with Crippen LogP contribution in [0.2, 0.25) is 0 Å². The van der Waals surface area contributed by atoms with Crippen LogP contribution in [0.1, 0.15) is 16.8 Å². The zero-order valence-electron chi connectivity index (χ0n) is 14.8. The van der Waals surface area contributed by atoms with E-state index in [9.17, 15) is 14.4 Å². The second-order valence-corrected chi connectivity index (χ2v) is 7.20. The number of hydrogen-bond donors (Lipinski definition) is 3. The first kappa shape index (κ1) is 17.9. The Morgan fingerprint density at radius 2 is 2.07 bits per heavy atom. The summed E-state index contributed by atoms with van der Waals surface area (Å²) in [6, 6.07) is 11.1. The number of aromatic nitrogens is 1. The fourth-order valence-corrected chi connectivity index (χ4v) is 3.81. The lowest BCUT2D eigenvalue weighted by molar-refractivity contribution is -0.122. The molecule has 3 N–H and O–H groups in total. The SMILES string of the molecule is COc1ccc2nc(NC(=O)CC3NC(=O)c4ccccc4NC3=O)sc2c1. The Bertz CT molecular complexity index is 1090. The van der Waals surface area contributed by atoms with Gasteiger partial charge in [-0.05, 0) is 30.3 Å². The molecule has 1 aliphatic heterocycles. The molecule has 0 spiro atoms. The van der Waals surface area contributed by atoms with E-state index >= 15 is 0 Å². The van der Waals surface area contributed by atoms with Gasteiger partial charge >= 0.3 is 0 Å². The van der Waals surface area contributed by atoms with Crippen molar-refractivity contribution in [2.24, 2.45) is 0 Å². The van der Waals surface area contributed by atoms with E-state index in [0.29, 0.717) is 22.1 Å². The van der Waals surface area contributed by atoms with Crippen LogP contribution in [0.4, 0.5) is 10.8 Å². The maximum Gasteiger partial charge on any atom is 0.254 e. The molecule has 3 aromatic rings. The van der Waals surface area contributed by atoms with Gasteiger partial charge in [-0.2, -0.15) is 0 Å². The van der Waals surface area contributed by atoms with E-state index in [-0.39, 0.29) is 6.42 Å². The van der Waals surface area contributed by atoms with E-state index in [4.69, 9.17) is 4.74 Å². The van der Waals surface area contributed by atoms with Crippen molar-refractivity contribution >= 4 is 50.1 Å². The van der Waals surface area contributed by atoms with Crippen molar-refractivity contribution in [2.45, 2.75) is 12.5 Å². The third kappa shape index (κ3) is 3.52. The minimum absolute atomic E-state index is 0.204. The van der Waals surface area contributed by atoms with E-state index in [1.807, 2.05) is 6.07 Å². The van der Waals surface area contributed by atoms with Crippen molar-refractivity contribution in [1.82, 2.24) is 10.3 Å². The number of para-hydroxylation sites is 1. The highest BCUT2D eigenvalue weighted by Crippen LogP contribution is 2.29. The van der Waals surface area contributed by atoms with Gasteiger partial charge in [0.15, 0.2) is 5.13 Å². The first-order valence-corrected chi connectivity index (χ1v) is 9.30. The van der Waals surface area contributed by atoms with Gasteiger partial charge in [-0.25, -0.2) is 4.98 Å². The number of hydrogen-bond acceptors (Lipinski definition) is 6. The molecule has 1 aromatic heterocycles. The average Bonchev–Trinajstić information content (AvgIpc) is 3.03. The van der Waals surface area contributed by atoms with E-state index in [0.717, 1.165) is 10.2 Å². The number of benzene rings is 2. The third-order valence-corrected chi connectivity index (χ3v) is 5.22. The van der Waals surface area contributed by atoms with Crippen molar-refractivity contribution in [2.75, 3.05) is 17.7 Å². The molecule has 0 saturated heterocycles. The van der Waals surface area contributed by atoms with Crippen LogP contribution in [0, 0.1) is 0 Å². The first-order chi connectivity index (χ1) is 13.5. The molecule has 0 bridgehead atoms. The predicted molar refractivity (Wildman–Crippen MR) is 106 cm³/mol. The number of nitrogens with zero attached hydrogens (tertiary/aromatic N) is 1. The Labute approximate surface area is 163 Å². The van der Waals surface area contributed by atoms with Crippen molar-refractivity contribution in [3.8, 4) is 5.75 Å². The minimum Gasteiger partial charge on any atom is -0.497 e. The zero-order valence-corrected chi connectivity index (χ0v) is 15.6. The van der Waals surface area contributed by atoms with Gasteiger partial charge < -0.3 is 20.7 Å². The fraction of sp³-hybridized carbons (Fsp3) is 0.158. The maximum absolute atomic E-state index is 12.4. The molecule has 4 rings (SSSR count). The quantitative estimate of drug-likeness (QED) is 0.627. The van der Waals surface area contributed by atoms with Crippen LogP contribution in [-0.2, 0) is 9.59 Å². The number of methoxy groups -OCH3 is 1. The van der Waals surface area contributed by atoms with Gasteiger partial charge in [0.2, 0.25) is 11.8 Å². The lowest BCUT2D eigenvalue weighted by Crippen LogP contribution is -2.43. The Morgan fingerprint density at radius 3 is 2.89 bits per heavy atom. The zero-order chi connectivity index (χ0) is 19.7. The molecular formula is C19H16N4O4S. The van der Waals surface area contributed by atoms with Gasteiger partial charge in [-0.1, -0.05) is 23.5 Å². The monoisotopic (exact) mass is 396 g/mol. The molecule has 0 saturated carbocycles. The number of amides is 3. The Morgan fingerprint density at radius 1 is 1.25 bits per heavy atom. The average molecular weight is 396 g/mol. The molecule has 142 valence electrons. The summed E-state index contributed by atoms with van der Waals surface area (Å²) in [5.41, 5.74) is 1.52. The van der Waals surface area contributed by atoms with Crippen molar-refractivity contribution in [1.29, 1.82) is 0 Å². The summed E-state index contributed by atoms with van der Waals surface area (Å²) in [5.74, 6) is -0.565. The van der Waals surface area contributed by atoms with Crippen LogP contribution in [0.15, 0.2) is 42.5 Å². The predicted octanol–water partition coefficient (Wildman–Crippen LogP) is 2.38. The van der Waals surface area contributed by atoms with Crippen molar-refractivity contribution < 1.29 is 19.1 Å². The van der Waals surface area contributed by atoms with Crippen LogP contribution in [0.5, 0.6) is 5.75 Å². The van der Waals surface area contributed by atoms with Gasteiger partial charge in [-0.15, -0.1) is 0 Å². The van der Waals surface area contributed by atoms with Gasteiger partial charge in [0.1, 0.15) is 11.8 Å². The summed E-state index contributed by atoms with van der Waals surface area (Å²) in [4.78, 5) is 41.5. The number of carbonyl (C=O) groups excluding carboxylic acids is 3. The molecule has 8 nitrogen and oxygen atoms in total. The van der Waals surface area contributed by atoms with Crippen molar-refractivity contribution in [3.05, 3.63) is 48.0 Å². The fourth-order valence-electron chi connectivity index (χ4n) is 2.90. The molecule has 0 radical (unpaired) electrons. The highest BCUT2D eigenvalue weighted by Gasteiger charge is 2.29. The molecule has 3 amide bonds. The summed E-state index contributed by atoms with van der Waals surface area (Å²) in [6.07, 6.45) is -0.204. The summed E-state index contributed by atoms with van der Waals surface area (Å²) in [5, 5.41) is 8.38. The number of carbonyl (C=O) groups is 3. The second-order valence-electron chi connectivity index (χ2n) is 6.17. The maximum atomic E-state index is 12.4. The molecule has 2 heterocycles. The van der Waals surface area contributed by atoms with Gasteiger partial charge in [0.25, 0.3) is 5.91 Å². The number of fused-ring (bicyclic) bond motifs is 2. The molecular weight excluding hydrogens is 380 g/mol. The van der Waals surface area contributed by atoms with Crippen LogP contribution in [0.25, 0.3) is 10.2 Å². The summed E-state index contributed by atoms with van der Waals surface area (Å²) >= 11 is 1.30. The number of nitrogens with one attached hydrogen (secondary N) is 3. The summed E-state index contributed by atoms with van der Waals surface area (Å²) < 4.78 is 6.05. The molecule has 1 unspecified atom stereocenters. The molecule has 9 heteroatoms. The van der Waals surface area contributed by atoms with E-state index in [1.54, 1.807) is 43.5 Å². The Hall–Kier alpha value is -3.46. The minimum atomic E-state index is -0.977. The van der Waals surface area contributed by atoms with E-state index in [1.165, 1.54) is 11.3 Å². The van der Waals surface area contributed by atoms with Crippen LogP contribution in [0.3, 0.4) is 0 Å². The summed E-state index contributed by atoms with van der Waals surface area (Å²) in [6.45, 7) is 0. The molecule has 0 aliphatic carbocycles. The van der Waals surface area contributed by atoms with E-state index in [2.05, 4.69) is 20.9 Å². The normalized spacial score (nSPS) is 16.0. The van der Waals surface area contributed by atoms with E-state index < -0.39 is 23.8 Å². The van der Waals surface area contributed by atoms with Crippen LogP contribution >= 0.6 is 11.3 Å². The molecule has 0 fully saturated rings. The molecule has 1 atom stereocenters. The lowest BCUT2D eigenvalue weighted by atomic mass is 10.1. The highest BCUT2D eigenvalue weighted by atomic mass is 32.1. The van der Waals surface area contributed by atoms with Crippen LogP contribution in [-0.4, -0.2) is 35.9 Å². The molecule has 28 heavy (non-hydrogen) atoms. The smallest absolute Gasteiger partial charge is 0.254 e. The molecule has 2 aromatic carbocycles. The number of thiazole rings is 1. The van der Waals surface area contributed by atoms with Crippen molar-refractivity contribution in [3.63, 3.8) is 0 Å². The van der Waals surface area contributed by atoms with Crippen LogP contribution < -0.4 is 20.7 Å². The topological polar surface area (TPSA) is 109 Å². The van der Waals surface area contributed by atoms with Gasteiger partial charge in [0.05, 0.1) is 35.0 Å². The van der Waals surface area contributed by atoms with Gasteiger partial charge in [0, 0.05) is 0 Å². The second kappa shape index (κ2) is 7.28. The standard InChI is InChI=1S/C19H16N4O4S/c1-27-10-6-7-13-15(8-10)28-19(22-13)23-16(24)9-14-18(26)20-12-5-3-2-4-11(12)17(25)21-14/h2-8,14H,9H2,1H3,(H,20,26)(H,21,25)(H,22,23,24).